The molecule has 1 amide bonds. The maximum Gasteiger partial charge on any atom is 0.240 e. The molecule has 1 spiro atoms. The molecule has 2 N–H and O–H groups in total. The van der Waals surface area contributed by atoms with Crippen molar-refractivity contribution in [2.24, 2.45) is 0 Å². The Hall–Kier alpha value is -1.03. The average Bonchev–Trinajstić information content (AvgIpc) is 2.53. The SMILES string of the molecule is Cl.O=C1Nc2cc(Cl)ccc2[C@]12C=CCNC2. The molecule has 0 fully saturated rings. The lowest BCUT2D eigenvalue weighted by molar-refractivity contribution is -0.119. The van der Waals surface area contributed by atoms with Gasteiger partial charge in [0.15, 0.2) is 0 Å². The van der Waals surface area contributed by atoms with Crippen molar-refractivity contribution in [2.75, 3.05) is 18.4 Å². The van der Waals surface area contributed by atoms with Crippen LogP contribution in [0.15, 0.2) is 30.4 Å². The molecule has 0 unspecified atom stereocenters. The summed E-state index contributed by atoms with van der Waals surface area (Å²) in [7, 11) is 0. The summed E-state index contributed by atoms with van der Waals surface area (Å²) in [5.41, 5.74) is 1.29. The molecule has 0 aliphatic carbocycles. The minimum atomic E-state index is -0.543. The van der Waals surface area contributed by atoms with E-state index in [1.54, 1.807) is 6.07 Å². The highest BCUT2D eigenvalue weighted by Crippen LogP contribution is 2.40. The number of anilines is 1. The topological polar surface area (TPSA) is 41.1 Å². The van der Waals surface area contributed by atoms with Crippen LogP contribution in [0.5, 0.6) is 0 Å². The number of rotatable bonds is 0. The van der Waals surface area contributed by atoms with E-state index >= 15 is 0 Å². The first-order valence-corrected chi connectivity index (χ1v) is 5.60. The van der Waals surface area contributed by atoms with Gasteiger partial charge in [0.05, 0.1) is 0 Å². The summed E-state index contributed by atoms with van der Waals surface area (Å²) >= 11 is 5.91. The van der Waals surface area contributed by atoms with Crippen LogP contribution in [0.4, 0.5) is 5.69 Å². The lowest BCUT2D eigenvalue weighted by Gasteiger charge is -2.27. The molecule has 0 aromatic heterocycles. The first-order valence-electron chi connectivity index (χ1n) is 5.22. The number of fused-ring (bicyclic) bond motifs is 2. The summed E-state index contributed by atoms with van der Waals surface area (Å²) in [4.78, 5) is 12.1. The van der Waals surface area contributed by atoms with E-state index in [0.717, 1.165) is 17.8 Å². The van der Waals surface area contributed by atoms with Gasteiger partial charge >= 0.3 is 0 Å². The first kappa shape index (κ1) is 12.4. The van der Waals surface area contributed by atoms with Crippen molar-refractivity contribution in [1.82, 2.24) is 5.32 Å². The van der Waals surface area contributed by atoms with E-state index in [-0.39, 0.29) is 18.3 Å². The maximum atomic E-state index is 12.1. The summed E-state index contributed by atoms with van der Waals surface area (Å²) in [6.45, 7) is 1.46. The fourth-order valence-corrected chi connectivity index (χ4v) is 2.55. The highest BCUT2D eigenvalue weighted by atomic mass is 35.5. The van der Waals surface area contributed by atoms with E-state index in [4.69, 9.17) is 11.6 Å². The Morgan fingerprint density at radius 1 is 1.35 bits per heavy atom. The van der Waals surface area contributed by atoms with Gasteiger partial charge in [-0.2, -0.15) is 0 Å². The Bertz CT molecular complexity index is 501. The van der Waals surface area contributed by atoms with Crippen LogP contribution in [0.25, 0.3) is 0 Å². The van der Waals surface area contributed by atoms with Crippen LogP contribution >= 0.6 is 24.0 Å². The van der Waals surface area contributed by atoms with Gasteiger partial charge in [-0.1, -0.05) is 29.8 Å². The fourth-order valence-electron chi connectivity index (χ4n) is 2.38. The Kier molecular flexibility index (Phi) is 3.17. The third-order valence-electron chi connectivity index (χ3n) is 3.18. The van der Waals surface area contributed by atoms with E-state index in [9.17, 15) is 4.79 Å². The second-order valence-electron chi connectivity index (χ2n) is 4.15. The second-order valence-corrected chi connectivity index (χ2v) is 4.59. The fraction of sp³-hybridized carbons (Fsp3) is 0.250. The molecular weight excluding hydrogens is 259 g/mol. The number of hydrogen-bond acceptors (Lipinski definition) is 2. The van der Waals surface area contributed by atoms with E-state index < -0.39 is 5.41 Å². The van der Waals surface area contributed by atoms with Gasteiger partial charge in [-0.25, -0.2) is 0 Å². The number of amides is 1. The zero-order chi connectivity index (χ0) is 11.2. The van der Waals surface area contributed by atoms with Gasteiger partial charge in [0.25, 0.3) is 0 Å². The van der Waals surface area contributed by atoms with Crippen LogP contribution in [0.1, 0.15) is 5.56 Å². The molecule has 3 rings (SSSR count). The summed E-state index contributed by atoms with van der Waals surface area (Å²) < 4.78 is 0. The Morgan fingerprint density at radius 2 is 2.18 bits per heavy atom. The van der Waals surface area contributed by atoms with Crippen molar-refractivity contribution in [3.05, 3.63) is 40.9 Å². The summed E-state index contributed by atoms with van der Waals surface area (Å²) in [5.74, 6) is 0.0215. The average molecular weight is 271 g/mol. The molecule has 3 nitrogen and oxygen atoms in total. The van der Waals surface area contributed by atoms with Gasteiger partial charge in [-0.15, -0.1) is 12.4 Å². The largest absolute Gasteiger partial charge is 0.325 e. The van der Waals surface area contributed by atoms with Crippen molar-refractivity contribution in [1.29, 1.82) is 0 Å². The van der Waals surface area contributed by atoms with Crippen LogP contribution in [0.3, 0.4) is 0 Å². The summed E-state index contributed by atoms with van der Waals surface area (Å²) in [6, 6.07) is 5.55. The Labute approximate surface area is 111 Å². The molecule has 0 saturated carbocycles. The lowest BCUT2D eigenvalue weighted by atomic mass is 9.80. The Balaban J connectivity index is 0.00000108. The molecule has 17 heavy (non-hydrogen) atoms. The van der Waals surface area contributed by atoms with E-state index in [1.165, 1.54) is 0 Å². The van der Waals surface area contributed by atoms with Crippen molar-refractivity contribution in [3.8, 4) is 0 Å². The van der Waals surface area contributed by atoms with E-state index in [0.29, 0.717) is 11.6 Å². The minimum absolute atomic E-state index is 0. The lowest BCUT2D eigenvalue weighted by Crippen LogP contribution is -2.44. The number of nitrogens with one attached hydrogen (secondary N) is 2. The monoisotopic (exact) mass is 270 g/mol. The zero-order valence-corrected chi connectivity index (χ0v) is 10.6. The van der Waals surface area contributed by atoms with Crippen molar-refractivity contribution >= 4 is 35.6 Å². The smallest absolute Gasteiger partial charge is 0.240 e. The molecule has 90 valence electrons. The summed E-state index contributed by atoms with van der Waals surface area (Å²) in [5, 5.41) is 6.75. The normalized spacial score (nSPS) is 25.4. The van der Waals surface area contributed by atoms with Gasteiger partial charge in [-0.05, 0) is 17.7 Å². The number of benzene rings is 1. The standard InChI is InChI=1S/C12H11ClN2O.ClH/c13-8-2-3-9-10(6-8)15-11(16)12(9)4-1-5-14-7-12;/h1-4,6,14H,5,7H2,(H,15,16);1H/t12-;/m1./s1. The molecule has 1 atom stereocenters. The predicted molar refractivity (Wildman–Crippen MR) is 71.0 cm³/mol. The van der Waals surface area contributed by atoms with E-state index in [2.05, 4.69) is 10.6 Å². The molecule has 2 aliphatic rings. The van der Waals surface area contributed by atoms with Crippen molar-refractivity contribution < 1.29 is 4.79 Å². The highest BCUT2D eigenvalue weighted by Gasteiger charge is 2.45. The van der Waals surface area contributed by atoms with Crippen LogP contribution in [-0.2, 0) is 10.2 Å². The molecule has 5 heteroatoms. The molecule has 1 aromatic carbocycles. The van der Waals surface area contributed by atoms with Crippen molar-refractivity contribution in [3.63, 3.8) is 0 Å². The van der Waals surface area contributed by atoms with Crippen LogP contribution in [-0.4, -0.2) is 19.0 Å². The van der Waals surface area contributed by atoms with Gasteiger partial charge in [0.1, 0.15) is 5.41 Å². The highest BCUT2D eigenvalue weighted by molar-refractivity contribution is 6.31. The molecular formula is C12H12Cl2N2O. The van der Waals surface area contributed by atoms with Crippen LogP contribution in [0, 0.1) is 0 Å². The number of halogens is 2. The van der Waals surface area contributed by atoms with Gasteiger partial charge in [-0.3, -0.25) is 4.79 Å². The number of carbonyl (C=O) groups excluding carboxylic acids is 1. The van der Waals surface area contributed by atoms with Crippen LogP contribution < -0.4 is 10.6 Å². The number of carbonyl (C=O) groups is 1. The summed E-state index contributed by atoms with van der Waals surface area (Å²) in [6.07, 6.45) is 3.98. The quantitative estimate of drug-likeness (QED) is 0.709. The molecule has 0 saturated heterocycles. The second kappa shape index (κ2) is 4.33. The molecule has 1 aromatic rings. The molecule has 0 bridgehead atoms. The third kappa shape index (κ3) is 1.75. The zero-order valence-electron chi connectivity index (χ0n) is 9.00. The van der Waals surface area contributed by atoms with Gasteiger partial charge < -0.3 is 10.6 Å². The first-order chi connectivity index (χ1) is 7.72. The third-order valence-corrected chi connectivity index (χ3v) is 3.42. The maximum absolute atomic E-state index is 12.1. The molecule has 2 heterocycles. The molecule has 2 aliphatic heterocycles. The minimum Gasteiger partial charge on any atom is -0.325 e. The van der Waals surface area contributed by atoms with Crippen molar-refractivity contribution in [2.45, 2.75) is 5.41 Å². The van der Waals surface area contributed by atoms with Gasteiger partial charge in [0, 0.05) is 23.8 Å². The van der Waals surface area contributed by atoms with Crippen LogP contribution in [0.2, 0.25) is 5.02 Å². The van der Waals surface area contributed by atoms with Gasteiger partial charge in [0.2, 0.25) is 5.91 Å². The van der Waals surface area contributed by atoms with E-state index in [1.807, 2.05) is 24.3 Å². The number of hydrogen-bond donors (Lipinski definition) is 2. The predicted octanol–water partition coefficient (Wildman–Crippen LogP) is 2.11. The molecule has 0 radical (unpaired) electrons. The Morgan fingerprint density at radius 3 is 2.88 bits per heavy atom.